The van der Waals surface area contributed by atoms with Gasteiger partial charge in [0.25, 0.3) is 0 Å². The van der Waals surface area contributed by atoms with E-state index in [9.17, 15) is 0 Å². The summed E-state index contributed by atoms with van der Waals surface area (Å²) in [5.41, 5.74) is 1.40. The van der Waals surface area contributed by atoms with Gasteiger partial charge in [0, 0.05) is 11.9 Å². The summed E-state index contributed by atoms with van der Waals surface area (Å²) in [5.74, 6) is 0.769. The number of hydrogen-bond donors (Lipinski definition) is 1. The van der Waals surface area contributed by atoms with Crippen molar-refractivity contribution in [3.8, 4) is 0 Å². The second kappa shape index (κ2) is 7.72. The van der Waals surface area contributed by atoms with Crippen molar-refractivity contribution in [1.29, 1.82) is 0 Å². The van der Waals surface area contributed by atoms with Crippen LogP contribution >= 0.6 is 11.6 Å². The molecular formula is C13H20ClN. The van der Waals surface area contributed by atoms with Gasteiger partial charge in [-0.1, -0.05) is 30.3 Å². The van der Waals surface area contributed by atoms with Gasteiger partial charge in [0.2, 0.25) is 0 Å². The van der Waals surface area contributed by atoms with Crippen LogP contribution in [0.4, 0.5) is 0 Å². The Morgan fingerprint density at radius 3 is 2.67 bits per heavy atom. The zero-order valence-corrected chi connectivity index (χ0v) is 10.1. The molecule has 1 nitrogen and oxygen atoms in total. The van der Waals surface area contributed by atoms with Gasteiger partial charge in [0.15, 0.2) is 0 Å². The van der Waals surface area contributed by atoms with Crippen molar-refractivity contribution in [2.24, 2.45) is 0 Å². The number of hydrogen-bond acceptors (Lipinski definition) is 1. The van der Waals surface area contributed by atoms with Gasteiger partial charge in [-0.2, -0.15) is 0 Å². The number of nitrogens with one attached hydrogen (secondary N) is 1. The van der Waals surface area contributed by atoms with Crippen LogP contribution < -0.4 is 5.32 Å². The third kappa shape index (κ3) is 5.81. The molecular weight excluding hydrogens is 206 g/mol. The quantitative estimate of drug-likeness (QED) is 0.703. The van der Waals surface area contributed by atoms with E-state index < -0.39 is 0 Å². The second-order valence-electron chi connectivity index (χ2n) is 3.92. The summed E-state index contributed by atoms with van der Waals surface area (Å²) in [4.78, 5) is 0. The molecule has 0 aliphatic heterocycles. The minimum absolute atomic E-state index is 0.576. The Morgan fingerprint density at radius 2 is 2.00 bits per heavy atom. The lowest BCUT2D eigenvalue weighted by Crippen LogP contribution is -2.28. The van der Waals surface area contributed by atoms with Crippen molar-refractivity contribution in [2.45, 2.75) is 32.2 Å². The first kappa shape index (κ1) is 12.5. The van der Waals surface area contributed by atoms with Gasteiger partial charge in [-0.3, -0.25) is 0 Å². The maximum Gasteiger partial charge on any atom is 0.0224 e. The van der Waals surface area contributed by atoms with E-state index in [1.165, 1.54) is 5.56 Å². The Balaban J connectivity index is 2.11. The minimum atomic E-state index is 0.576. The molecule has 0 saturated heterocycles. The van der Waals surface area contributed by atoms with Crippen molar-refractivity contribution in [2.75, 3.05) is 12.4 Å². The van der Waals surface area contributed by atoms with E-state index in [-0.39, 0.29) is 0 Å². The van der Waals surface area contributed by atoms with Crippen LogP contribution in [0.3, 0.4) is 0 Å². The van der Waals surface area contributed by atoms with Crippen molar-refractivity contribution >= 4 is 11.6 Å². The highest BCUT2D eigenvalue weighted by molar-refractivity contribution is 6.17. The molecule has 0 aliphatic rings. The summed E-state index contributed by atoms with van der Waals surface area (Å²) in [5, 5.41) is 3.51. The molecule has 0 fully saturated rings. The highest BCUT2D eigenvalue weighted by Gasteiger charge is 1.99. The third-order valence-corrected chi connectivity index (χ3v) is 2.79. The average molecular weight is 226 g/mol. The van der Waals surface area contributed by atoms with Crippen LogP contribution in [0.15, 0.2) is 30.3 Å². The Morgan fingerprint density at radius 1 is 1.27 bits per heavy atom. The Hall–Kier alpha value is -0.530. The number of rotatable bonds is 7. The van der Waals surface area contributed by atoms with Crippen molar-refractivity contribution in [1.82, 2.24) is 5.32 Å². The van der Waals surface area contributed by atoms with E-state index in [0.29, 0.717) is 6.04 Å². The fourth-order valence-electron chi connectivity index (χ4n) is 1.59. The molecule has 1 aromatic carbocycles. The van der Waals surface area contributed by atoms with Crippen LogP contribution in [0.2, 0.25) is 0 Å². The molecule has 0 aromatic heterocycles. The Kier molecular flexibility index (Phi) is 6.45. The molecule has 0 radical (unpaired) electrons. The second-order valence-corrected chi connectivity index (χ2v) is 4.30. The molecule has 0 amide bonds. The standard InChI is InChI=1S/C13H20ClN/c1-12(6-5-10-14)15-11-9-13-7-3-2-4-8-13/h2-4,7-8,12,15H,5-6,9-11H2,1H3. The molecule has 1 atom stereocenters. The first-order valence-corrected chi connectivity index (χ1v) is 6.19. The van der Waals surface area contributed by atoms with Gasteiger partial charge in [0.1, 0.15) is 0 Å². The summed E-state index contributed by atoms with van der Waals surface area (Å²) >= 11 is 5.65. The van der Waals surface area contributed by atoms with E-state index in [1.807, 2.05) is 0 Å². The van der Waals surface area contributed by atoms with Crippen LogP contribution in [0.25, 0.3) is 0 Å². The van der Waals surface area contributed by atoms with Crippen LogP contribution in [0.5, 0.6) is 0 Å². The summed E-state index contributed by atoms with van der Waals surface area (Å²) in [7, 11) is 0. The van der Waals surface area contributed by atoms with Gasteiger partial charge in [-0.15, -0.1) is 11.6 Å². The summed E-state index contributed by atoms with van der Waals surface area (Å²) in [6, 6.07) is 11.2. The number of halogens is 1. The molecule has 0 spiro atoms. The molecule has 1 aromatic rings. The van der Waals surface area contributed by atoms with Gasteiger partial charge in [-0.05, 0) is 38.3 Å². The highest BCUT2D eigenvalue weighted by Crippen LogP contribution is 2.00. The average Bonchev–Trinajstić information content (AvgIpc) is 2.28. The number of alkyl halides is 1. The topological polar surface area (TPSA) is 12.0 Å². The molecule has 1 N–H and O–H groups in total. The van der Waals surface area contributed by atoms with Crippen LogP contribution in [-0.4, -0.2) is 18.5 Å². The highest BCUT2D eigenvalue weighted by atomic mass is 35.5. The zero-order valence-electron chi connectivity index (χ0n) is 9.38. The van der Waals surface area contributed by atoms with Crippen LogP contribution in [0.1, 0.15) is 25.3 Å². The van der Waals surface area contributed by atoms with Crippen molar-refractivity contribution < 1.29 is 0 Å². The van der Waals surface area contributed by atoms with Crippen molar-refractivity contribution in [3.05, 3.63) is 35.9 Å². The molecule has 0 aliphatic carbocycles. The smallest absolute Gasteiger partial charge is 0.0224 e. The first-order chi connectivity index (χ1) is 7.33. The number of benzene rings is 1. The van der Waals surface area contributed by atoms with Crippen LogP contribution in [0, 0.1) is 0 Å². The molecule has 0 heterocycles. The summed E-state index contributed by atoms with van der Waals surface area (Å²) in [6.45, 7) is 3.27. The van der Waals surface area contributed by atoms with E-state index >= 15 is 0 Å². The minimum Gasteiger partial charge on any atom is -0.314 e. The van der Waals surface area contributed by atoms with Gasteiger partial charge >= 0.3 is 0 Å². The molecule has 1 rings (SSSR count). The fraction of sp³-hybridized carbons (Fsp3) is 0.538. The normalized spacial score (nSPS) is 12.7. The predicted molar refractivity (Wildman–Crippen MR) is 67.6 cm³/mol. The monoisotopic (exact) mass is 225 g/mol. The fourth-order valence-corrected chi connectivity index (χ4v) is 1.75. The van der Waals surface area contributed by atoms with Gasteiger partial charge < -0.3 is 5.32 Å². The summed E-state index contributed by atoms with van der Waals surface area (Å²) in [6.07, 6.45) is 3.37. The Labute approximate surface area is 97.8 Å². The van der Waals surface area contributed by atoms with E-state index in [1.54, 1.807) is 0 Å². The summed E-state index contributed by atoms with van der Waals surface area (Å²) < 4.78 is 0. The first-order valence-electron chi connectivity index (χ1n) is 5.66. The lowest BCUT2D eigenvalue weighted by molar-refractivity contribution is 0.513. The molecule has 0 bridgehead atoms. The van der Waals surface area contributed by atoms with Crippen molar-refractivity contribution in [3.63, 3.8) is 0 Å². The molecule has 15 heavy (non-hydrogen) atoms. The molecule has 0 saturated carbocycles. The maximum atomic E-state index is 5.65. The predicted octanol–water partition coefficient (Wildman–Crippen LogP) is 3.23. The lowest BCUT2D eigenvalue weighted by atomic mass is 10.1. The van der Waals surface area contributed by atoms with E-state index in [4.69, 9.17) is 11.6 Å². The van der Waals surface area contributed by atoms with Gasteiger partial charge in [0.05, 0.1) is 0 Å². The maximum absolute atomic E-state index is 5.65. The third-order valence-electron chi connectivity index (χ3n) is 2.52. The molecule has 1 unspecified atom stereocenters. The Bertz CT molecular complexity index is 248. The molecule has 2 heteroatoms. The SMILES string of the molecule is CC(CCCCl)NCCc1ccccc1. The zero-order chi connectivity index (χ0) is 10.9. The van der Waals surface area contributed by atoms with E-state index in [2.05, 4.69) is 42.6 Å². The lowest BCUT2D eigenvalue weighted by Gasteiger charge is -2.12. The molecule has 84 valence electrons. The van der Waals surface area contributed by atoms with E-state index in [0.717, 1.165) is 31.7 Å². The van der Waals surface area contributed by atoms with Crippen LogP contribution in [-0.2, 0) is 6.42 Å². The van der Waals surface area contributed by atoms with Gasteiger partial charge in [-0.25, -0.2) is 0 Å². The largest absolute Gasteiger partial charge is 0.314 e.